The average Bonchev–Trinajstić information content (AvgIpc) is 2.35. The van der Waals surface area contributed by atoms with Gasteiger partial charge in [0.1, 0.15) is 0 Å². The lowest BCUT2D eigenvalue weighted by Gasteiger charge is -2.11. The highest BCUT2D eigenvalue weighted by Crippen LogP contribution is 2.19. The zero-order valence-electron chi connectivity index (χ0n) is 10.7. The van der Waals surface area contributed by atoms with E-state index in [9.17, 15) is 4.79 Å². The maximum Gasteiger partial charge on any atom is 0.228 e. The van der Waals surface area contributed by atoms with Gasteiger partial charge in [0.05, 0.1) is 6.42 Å². The molecule has 2 aromatic carbocycles. The number of para-hydroxylation sites is 1. The second-order valence-electron chi connectivity index (χ2n) is 4.48. The SMILES string of the molecule is Cc1cccc(C)c1NC(=O)Cc1ccccc1. The van der Waals surface area contributed by atoms with Crippen LogP contribution in [0.5, 0.6) is 0 Å². The van der Waals surface area contributed by atoms with Gasteiger partial charge in [-0.25, -0.2) is 0 Å². The van der Waals surface area contributed by atoms with Gasteiger partial charge in [-0.2, -0.15) is 0 Å². The van der Waals surface area contributed by atoms with Gasteiger partial charge in [-0.05, 0) is 30.5 Å². The lowest BCUT2D eigenvalue weighted by molar-refractivity contribution is -0.115. The Morgan fingerprint density at radius 1 is 0.944 bits per heavy atom. The smallest absolute Gasteiger partial charge is 0.228 e. The van der Waals surface area contributed by atoms with Gasteiger partial charge in [0.15, 0.2) is 0 Å². The fourth-order valence-corrected chi connectivity index (χ4v) is 1.98. The van der Waals surface area contributed by atoms with E-state index < -0.39 is 0 Å². The number of hydrogen-bond acceptors (Lipinski definition) is 1. The van der Waals surface area contributed by atoms with E-state index in [2.05, 4.69) is 5.32 Å². The first-order valence-electron chi connectivity index (χ1n) is 6.07. The molecule has 0 fully saturated rings. The minimum atomic E-state index is 0.0265. The standard InChI is InChI=1S/C16H17NO/c1-12-7-6-8-13(2)16(12)17-15(18)11-14-9-4-3-5-10-14/h3-10H,11H2,1-2H3,(H,17,18). The fourth-order valence-electron chi connectivity index (χ4n) is 1.98. The van der Waals surface area contributed by atoms with Crippen molar-refractivity contribution in [3.05, 3.63) is 65.2 Å². The van der Waals surface area contributed by atoms with Crippen LogP contribution in [0.4, 0.5) is 5.69 Å². The molecule has 2 heteroatoms. The third-order valence-corrected chi connectivity index (χ3v) is 2.95. The molecule has 0 unspecified atom stereocenters. The summed E-state index contributed by atoms with van der Waals surface area (Å²) >= 11 is 0. The van der Waals surface area contributed by atoms with Crippen LogP contribution in [-0.2, 0) is 11.2 Å². The first kappa shape index (κ1) is 12.4. The molecule has 2 rings (SSSR count). The van der Waals surface area contributed by atoms with Crippen molar-refractivity contribution in [2.75, 3.05) is 5.32 Å². The van der Waals surface area contributed by atoms with Gasteiger partial charge in [-0.1, -0.05) is 48.5 Å². The van der Waals surface area contributed by atoms with Crippen LogP contribution in [0.2, 0.25) is 0 Å². The third kappa shape index (κ3) is 2.98. The predicted octanol–water partition coefficient (Wildman–Crippen LogP) is 3.48. The highest BCUT2D eigenvalue weighted by atomic mass is 16.1. The number of benzene rings is 2. The molecular formula is C16H17NO. The lowest BCUT2D eigenvalue weighted by Crippen LogP contribution is -2.15. The van der Waals surface area contributed by atoms with Crippen LogP contribution in [0, 0.1) is 13.8 Å². The van der Waals surface area contributed by atoms with Gasteiger partial charge in [-0.3, -0.25) is 4.79 Å². The van der Waals surface area contributed by atoms with Gasteiger partial charge < -0.3 is 5.32 Å². The molecule has 2 aromatic rings. The Morgan fingerprint density at radius 3 is 2.17 bits per heavy atom. The van der Waals surface area contributed by atoms with E-state index in [0.717, 1.165) is 22.4 Å². The summed E-state index contributed by atoms with van der Waals surface area (Å²) in [6, 6.07) is 15.8. The van der Waals surface area contributed by atoms with Crippen molar-refractivity contribution in [2.24, 2.45) is 0 Å². The van der Waals surface area contributed by atoms with E-state index in [0.29, 0.717) is 6.42 Å². The van der Waals surface area contributed by atoms with Crippen molar-refractivity contribution in [2.45, 2.75) is 20.3 Å². The summed E-state index contributed by atoms with van der Waals surface area (Å²) in [7, 11) is 0. The average molecular weight is 239 g/mol. The summed E-state index contributed by atoms with van der Waals surface area (Å²) in [5.74, 6) is 0.0265. The molecule has 0 spiro atoms. The quantitative estimate of drug-likeness (QED) is 0.872. The first-order valence-corrected chi connectivity index (χ1v) is 6.07. The molecule has 0 saturated carbocycles. The van der Waals surface area contributed by atoms with Crippen molar-refractivity contribution in [3.8, 4) is 0 Å². The van der Waals surface area contributed by atoms with Crippen LogP contribution in [0.15, 0.2) is 48.5 Å². The molecule has 18 heavy (non-hydrogen) atoms. The monoisotopic (exact) mass is 239 g/mol. The Hall–Kier alpha value is -2.09. The van der Waals surface area contributed by atoms with Gasteiger partial charge in [0.25, 0.3) is 0 Å². The largest absolute Gasteiger partial charge is 0.325 e. The number of hydrogen-bond donors (Lipinski definition) is 1. The van der Waals surface area contributed by atoms with E-state index in [1.807, 2.05) is 62.4 Å². The van der Waals surface area contributed by atoms with Crippen molar-refractivity contribution in [1.82, 2.24) is 0 Å². The van der Waals surface area contributed by atoms with E-state index in [1.54, 1.807) is 0 Å². The molecule has 1 N–H and O–H groups in total. The molecule has 0 aliphatic carbocycles. The second kappa shape index (κ2) is 5.50. The molecule has 0 radical (unpaired) electrons. The zero-order valence-corrected chi connectivity index (χ0v) is 10.7. The van der Waals surface area contributed by atoms with Crippen LogP contribution in [0.25, 0.3) is 0 Å². The van der Waals surface area contributed by atoms with Crippen molar-refractivity contribution < 1.29 is 4.79 Å². The molecule has 0 aliphatic heterocycles. The molecule has 0 aromatic heterocycles. The van der Waals surface area contributed by atoms with Gasteiger partial charge >= 0.3 is 0 Å². The number of aryl methyl sites for hydroxylation is 2. The van der Waals surface area contributed by atoms with E-state index in [1.165, 1.54) is 0 Å². The van der Waals surface area contributed by atoms with E-state index >= 15 is 0 Å². The van der Waals surface area contributed by atoms with E-state index in [-0.39, 0.29) is 5.91 Å². The normalized spacial score (nSPS) is 10.1. The summed E-state index contributed by atoms with van der Waals surface area (Å²) in [4.78, 5) is 12.0. The number of rotatable bonds is 3. The molecule has 0 bridgehead atoms. The molecular weight excluding hydrogens is 222 g/mol. The van der Waals surface area contributed by atoms with Crippen LogP contribution < -0.4 is 5.32 Å². The summed E-state index contributed by atoms with van der Waals surface area (Å²) in [6.07, 6.45) is 0.411. The minimum Gasteiger partial charge on any atom is -0.325 e. The molecule has 1 amide bonds. The second-order valence-corrected chi connectivity index (χ2v) is 4.48. The Balaban J connectivity index is 2.08. The topological polar surface area (TPSA) is 29.1 Å². The molecule has 92 valence electrons. The van der Waals surface area contributed by atoms with Crippen LogP contribution >= 0.6 is 0 Å². The predicted molar refractivity (Wildman–Crippen MR) is 74.7 cm³/mol. The summed E-state index contributed by atoms with van der Waals surface area (Å²) in [5, 5.41) is 2.99. The first-order chi connectivity index (χ1) is 8.66. The Morgan fingerprint density at radius 2 is 1.56 bits per heavy atom. The summed E-state index contributed by atoms with van der Waals surface area (Å²) < 4.78 is 0. The van der Waals surface area contributed by atoms with E-state index in [4.69, 9.17) is 0 Å². The highest BCUT2D eigenvalue weighted by Gasteiger charge is 2.07. The maximum absolute atomic E-state index is 12.0. The minimum absolute atomic E-state index is 0.0265. The van der Waals surface area contributed by atoms with Crippen molar-refractivity contribution in [3.63, 3.8) is 0 Å². The zero-order chi connectivity index (χ0) is 13.0. The molecule has 0 saturated heterocycles. The molecule has 0 atom stereocenters. The fraction of sp³-hybridized carbons (Fsp3) is 0.188. The molecule has 2 nitrogen and oxygen atoms in total. The maximum atomic E-state index is 12.0. The van der Waals surface area contributed by atoms with Crippen molar-refractivity contribution >= 4 is 11.6 Å². The van der Waals surface area contributed by atoms with Crippen LogP contribution in [-0.4, -0.2) is 5.91 Å². The molecule has 0 aliphatic rings. The summed E-state index contributed by atoms with van der Waals surface area (Å²) in [6.45, 7) is 4.01. The number of nitrogens with one attached hydrogen (secondary N) is 1. The van der Waals surface area contributed by atoms with Gasteiger partial charge in [-0.15, -0.1) is 0 Å². The highest BCUT2D eigenvalue weighted by molar-refractivity contribution is 5.93. The lowest BCUT2D eigenvalue weighted by atomic mass is 10.1. The van der Waals surface area contributed by atoms with Crippen molar-refractivity contribution in [1.29, 1.82) is 0 Å². The Labute approximate surface area is 108 Å². The third-order valence-electron chi connectivity index (χ3n) is 2.95. The Bertz CT molecular complexity index is 526. The number of carbonyl (C=O) groups excluding carboxylic acids is 1. The van der Waals surface area contributed by atoms with Crippen LogP contribution in [0.1, 0.15) is 16.7 Å². The van der Waals surface area contributed by atoms with Gasteiger partial charge in [0.2, 0.25) is 5.91 Å². The molecule has 0 heterocycles. The summed E-state index contributed by atoms with van der Waals surface area (Å²) in [5.41, 5.74) is 4.15. The van der Waals surface area contributed by atoms with Crippen LogP contribution in [0.3, 0.4) is 0 Å². The number of anilines is 1. The Kier molecular flexibility index (Phi) is 3.78. The number of amides is 1. The van der Waals surface area contributed by atoms with Gasteiger partial charge in [0, 0.05) is 5.69 Å². The number of carbonyl (C=O) groups is 1.